The van der Waals surface area contributed by atoms with Gasteiger partial charge in [-0.3, -0.25) is 176 Å². The van der Waals surface area contributed by atoms with Crippen LogP contribution in [0.5, 0.6) is 0 Å². The van der Waals surface area contributed by atoms with Crippen LogP contribution in [0.1, 0.15) is 278 Å². The quantitative estimate of drug-likeness (QED) is 0.0744. The van der Waals surface area contributed by atoms with Gasteiger partial charge in [0.1, 0.15) is 34.2 Å². The molecule has 6 fully saturated rings. The van der Waals surface area contributed by atoms with Gasteiger partial charge in [0.25, 0.3) is 94.5 Å². The number of carbonyl (C=O) groups is 24. The number of rotatable bonds is 6. The first-order valence-corrected chi connectivity index (χ1v) is 34.6. The van der Waals surface area contributed by atoms with Crippen molar-refractivity contribution < 1.29 is 164 Å². The number of benzene rings is 6. The van der Waals surface area contributed by atoms with Gasteiger partial charge >= 0.3 is 0 Å². The Morgan fingerprint density at radius 2 is 0.589 bits per heavy atom. The van der Waals surface area contributed by atoms with Gasteiger partial charge in [-0.1, -0.05) is 36.3 Å². The second-order valence-electron chi connectivity index (χ2n) is 26.9. The fourth-order valence-electron chi connectivity index (χ4n) is 13.2. The Morgan fingerprint density at radius 3 is 0.895 bits per heavy atom. The Hall–Kier alpha value is -16.2. The molecule has 0 bridgehead atoms. The maximum atomic E-state index is 13.1. The minimum absolute atomic E-state index is 0.0745. The molecule has 636 valence electrons. The molecule has 6 atom stereocenters. The minimum Gasteiger partial charge on any atom is -0.398 e. The Labute approximate surface area is 749 Å². The van der Waals surface area contributed by atoms with Crippen molar-refractivity contribution in [3.8, 4) is 0 Å². The van der Waals surface area contributed by atoms with Gasteiger partial charge in [-0.25, -0.2) is 0 Å². The second kappa shape index (κ2) is 31.8. The van der Waals surface area contributed by atoms with Crippen LogP contribution in [-0.4, -0.2) is 205 Å². The van der Waals surface area contributed by atoms with Gasteiger partial charge in [0.05, 0.1) is 86.0 Å². The molecule has 1 unspecified atom stereocenters. The van der Waals surface area contributed by atoms with Gasteiger partial charge in [0.15, 0.2) is 0 Å². The summed E-state index contributed by atoms with van der Waals surface area (Å²) < 4.78 is 282. The lowest BCUT2D eigenvalue weighted by Gasteiger charge is -2.38. The second-order valence-corrected chi connectivity index (χ2v) is 26.9. The maximum Gasteiger partial charge on any atom is 0.264 e. The van der Waals surface area contributed by atoms with Crippen molar-refractivity contribution in [2.75, 3.05) is 34.4 Å². The first kappa shape index (κ1) is 50.7. The number of nitrogen functional groups attached to an aromatic ring is 6. The van der Waals surface area contributed by atoms with Crippen molar-refractivity contribution in [3.05, 3.63) is 176 Å². The molecule has 0 saturated carbocycles. The fourth-order valence-corrected chi connectivity index (χ4v) is 13.2. The van der Waals surface area contributed by atoms with E-state index in [1.54, 1.807) is 12.1 Å². The number of nitrogens with zero attached hydrogens (tertiary/aromatic N) is 6. The molecule has 0 aliphatic carbocycles. The zero-order valence-corrected chi connectivity index (χ0v) is 62.2. The Morgan fingerprint density at radius 1 is 0.323 bits per heavy atom. The van der Waals surface area contributed by atoms with Gasteiger partial charge in [-0.15, -0.1) is 0 Å². The van der Waals surface area contributed by atoms with Crippen LogP contribution in [0.3, 0.4) is 0 Å². The van der Waals surface area contributed by atoms with Crippen molar-refractivity contribution in [2.24, 2.45) is 0 Å². The molecule has 42 nitrogen and oxygen atoms in total. The molecular formula is C82H74N18O24. The summed E-state index contributed by atoms with van der Waals surface area (Å²) in [4.78, 5) is 299. The van der Waals surface area contributed by atoms with Crippen LogP contribution in [-0.2, 0) is 57.5 Å². The lowest BCUT2D eigenvalue weighted by Crippen LogP contribution is -2.62. The van der Waals surface area contributed by atoms with Gasteiger partial charge in [0.2, 0.25) is 47.3 Å². The number of hydrogen-bond donors (Lipinski definition) is 12. The number of amides is 24. The summed E-state index contributed by atoms with van der Waals surface area (Å²) in [5, 5.41) is 9.95. The number of anilines is 6. The van der Waals surface area contributed by atoms with Crippen LogP contribution in [0, 0.1) is 0 Å². The molecule has 42 heteroatoms. The predicted octanol–water partition coefficient (Wildman–Crippen LogP) is -0.420. The average Bonchev–Trinajstić information content (AvgIpc) is 1.42. The monoisotopic (exact) mass is 1730 g/mol. The first-order chi connectivity index (χ1) is 72.8. The van der Waals surface area contributed by atoms with Crippen LogP contribution in [0.15, 0.2) is 109 Å². The molecule has 6 aromatic carbocycles. The number of carbonyl (C=O) groups excluding carboxylic acids is 24. The molecule has 12 aliphatic heterocycles. The molecule has 18 N–H and O–H groups in total. The van der Waals surface area contributed by atoms with Crippen LogP contribution in [0.25, 0.3) is 0 Å². The van der Waals surface area contributed by atoms with E-state index in [1.807, 2.05) is 0 Å². The van der Waals surface area contributed by atoms with E-state index >= 15 is 0 Å². The van der Waals surface area contributed by atoms with E-state index in [-0.39, 0.29) is 78.9 Å². The van der Waals surface area contributed by atoms with E-state index in [2.05, 4.69) is 10.6 Å². The Kier molecular flexibility index (Phi) is 13.0. The van der Waals surface area contributed by atoms with Crippen LogP contribution < -0.4 is 66.3 Å². The summed E-state index contributed by atoms with van der Waals surface area (Å²) in [5.74, 6) is -31.8. The highest BCUT2D eigenvalue weighted by atomic mass is 16.2. The number of imide groups is 12. The summed E-state index contributed by atoms with van der Waals surface area (Å²) in [5.41, 5.74) is 14.7. The SMILES string of the molecule is CC1(N2C(=O)c3cccc(N)c3C2=O)CCC(=O)NC1=O.C[C@]1(N2C(=O)c3cccc(N)c3C2=O)CCC(=O)NC1=O.[2H]c1c([2H])c(N)c2c(c1[2H])C(=O)N([C@@]1(C([2H])([2H])[2H])C(=O)NC(=O)C([2H])([2H])C1([2H])[2H])C2=O.[2H]c1c([2H])c(N)c2c(c1[2H])C(=O)N([C@@]1([2H])C(=O)NC(=O)C([2H])([2H])C1([2H])[2H])C2=O.[2H]c1c([2H])c(N)c2c(c1[2H])C(=O)N([C@]1(C([2H])([2H])[2H])C(=O)NC(=O)C([2H])([2H])C1([2H])[2H])C2=O.[2H]c1c([2H])c(N)c2c(c1[2H])C(=O)N([C@]1([2H])C(=O)NC(=O)C([2H])([2H])C1([2H])[2H])C2=O. The van der Waals surface area contributed by atoms with Crippen molar-refractivity contribution in [3.63, 3.8) is 0 Å². The number of hydrogen-bond acceptors (Lipinski definition) is 30. The zero-order chi connectivity index (χ0) is 122. The van der Waals surface area contributed by atoms with E-state index in [9.17, 15) is 115 Å². The summed E-state index contributed by atoms with van der Waals surface area (Å²) in [6.45, 7) is -4.86. The molecule has 0 spiro atoms. The zero-order valence-electron chi connectivity index (χ0n) is 98.2. The van der Waals surface area contributed by atoms with Gasteiger partial charge in [-0.05, 0) is 138 Å². The lowest BCUT2D eigenvalue weighted by atomic mass is 9.89. The number of nitrogens with two attached hydrogens (primary N) is 6. The molecule has 0 radical (unpaired) electrons. The van der Waals surface area contributed by atoms with Gasteiger partial charge < -0.3 is 34.4 Å². The van der Waals surface area contributed by atoms with E-state index in [1.165, 1.54) is 59.4 Å². The first-order valence-electron chi connectivity index (χ1n) is 52.6. The third-order valence-electron chi connectivity index (χ3n) is 19.4. The fraction of sp³-hybridized carbons (Fsp3) is 0.268. The Bertz CT molecular complexity index is 7350. The van der Waals surface area contributed by atoms with E-state index < -0.39 is 380 Å². The van der Waals surface area contributed by atoms with Crippen LogP contribution in [0.4, 0.5) is 34.1 Å². The third-order valence-corrected chi connectivity index (χ3v) is 19.4. The van der Waals surface area contributed by atoms with Crippen LogP contribution >= 0.6 is 0 Å². The highest BCUT2D eigenvalue weighted by Gasteiger charge is 2.58. The van der Waals surface area contributed by atoms with E-state index in [4.69, 9.17) is 83.7 Å². The molecular weight excluding hydrogens is 1620 g/mol. The van der Waals surface area contributed by atoms with E-state index in [0.29, 0.717) is 0 Å². The number of piperidine rings is 6. The smallest absolute Gasteiger partial charge is 0.264 e. The van der Waals surface area contributed by atoms with E-state index in [0.717, 1.165) is 9.80 Å². The topological polar surface area (TPSA) is 657 Å². The summed E-state index contributed by atoms with van der Waals surface area (Å²) in [7, 11) is 0. The minimum atomic E-state index is -3.97. The van der Waals surface area contributed by atoms with Crippen LogP contribution in [0.2, 0.25) is 0 Å². The molecule has 6 saturated heterocycles. The van der Waals surface area contributed by atoms with Crippen molar-refractivity contribution >= 4 is 176 Å². The summed E-state index contributed by atoms with van der Waals surface area (Å²) in [6.07, 6.45) is -29.3. The summed E-state index contributed by atoms with van der Waals surface area (Å²) >= 11 is 0. The Balaban J connectivity index is 0.000000159. The largest absolute Gasteiger partial charge is 0.398 e. The van der Waals surface area contributed by atoms with Gasteiger partial charge in [-0.2, -0.15) is 0 Å². The summed E-state index contributed by atoms with van der Waals surface area (Å²) in [6, 6.07) is -8.27. The molecule has 12 heterocycles. The molecule has 24 amide bonds. The predicted molar refractivity (Wildman–Crippen MR) is 424 cm³/mol. The van der Waals surface area contributed by atoms with Crippen molar-refractivity contribution in [1.82, 2.24) is 61.3 Å². The molecule has 124 heavy (non-hydrogen) atoms. The normalized spacial score (nSPS) is 33.0. The highest BCUT2D eigenvalue weighted by Crippen LogP contribution is 2.42. The lowest BCUT2D eigenvalue weighted by molar-refractivity contribution is -0.142. The highest BCUT2D eigenvalue weighted by molar-refractivity contribution is 6.31. The molecule has 6 aromatic rings. The molecule has 18 rings (SSSR count). The van der Waals surface area contributed by atoms with Crippen molar-refractivity contribution in [2.45, 2.75) is 138 Å². The number of nitrogens with one attached hydrogen (secondary N) is 6. The third kappa shape index (κ3) is 14.2. The maximum absolute atomic E-state index is 13.1. The number of fused-ring (bicyclic) bond motifs is 6. The molecule has 0 aromatic heterocycles. The standard InChI is InChI=1S/4C14H13N3O4.2C13H11N3O4/c4*1-14(6-5-9(18)16-13(14)21)17-11(19)7-3-2-4-8(15)10(7)12(17)20;2*14-7-3-1-2-6-10(7)13(20)16(12(6)19)8-4-5-9(17)15-11(8)18/h4*2-4H,5-6,15H2,1H3,(H,16,18,21);2*1-3,8H,4-5,14H2,(H,15,17,18)/t3*14-;;2*8-/m100.10/s1/i2*1D3,2D,3D,4D,5D2,6D2;;;2*1D,2D,3D,4D2,5D2,8D. The van der Waals surface area contributed by atoms with Gasteiger partial charge in [0, 0.05) is 103 Å². The average molecular weight is 1730 g/mol. The molecule has 12 aliphatic rings. The van der Waals surface area contributed by atoms with Crippen molar-refractivity contribution in [1.29, 1.82) is 0 Å².